The summed E-state index contributed by atoms with van der Waals surface area (Å²) in [4.78, 5) is 37.7. The number of amides is 2. The molecular weight excluding hydrogens is 372 g/mol. The lowest BCUT2D eigenvalue weighted by molar-refractivity contribution is -0.129. The first-order chi connectivity index (χ1) is 12.7. The summed E-state index contributed by atoms with van der Waals surface area (Å²) in [6, 6.07) is 6.01. The van der Waals surface area contributed by atoms with Crippen LogP contribution in [0, 0.1) is 0 Å². The number of ether oxygens (including phenoxy) is 1. The van der Waals surface area contributed by atoms with Crippen LogP contribution < -0.4 is 10.2 Å². The van der Waals surface area contributed by atoms with Crippen molar-refractivity contribution in [3.8, 4) is 0 Å². The minimum absolute atomic E-state index is 0.0536. The van der Waals surface area contributed by atoms with Gasteiger partial charge in [-0.2, -0.15) is 0 Å². The molecule has 0 unspecified atom stereocenters. The zero-order chi connectivity index (χ0) is 19.6. The Bertz CT molecular complexity index is 849. The molecule has 0 radical (unpaired) electrons. The number of anilines is 1. The van der Waals surface area contributed by atoms with E-state index in [1.54, 1.807) is 29.2 Å². The first-order valence-corrected chi connectivity index (χ1v) is 10.7. The minimum Gasteiger partial charge on any atom is -0.449 e. The molecule has 9 heteroatoms. The van der Waals surface area contributed by atoms with Gasteiger partial charge in [-0.15, -0.1) is 0 Å². The number of sulfone groups is 1. The van der Waals surface area contributed by atoms with Gasteiger partial charge in [0.15, 0.2) is 15.9 Å². The van der Waals surface area contributed by atoms with Gasteiger partial charge in [-0.05, 0) is 44.0 Å². The van der Waals surface area contributed by atoms with Gasteiger partial charge in [-0.25, -0.2) is 13.2 Å². The molecule has 146 valence electrons. The molecule has 2 heterocycles. The first-order valence-electron chi connectivity index (χ1n) is 8.87. The van der Waals surface area contributed by atoms with Gasteiger partial charge in [-0.1, -0.05) is 0 Å². The lowest BCUT2D eigenvalue weighted by Gasteiger charge is -2.17. The van der Waals surface area contributed by atoms with Gasteiger partial charge >= 0.3 is 5.97 Å². The minimum atomic E-state index is -3.10. The Balaban J connectivity index is 1.54. The third-order valence-corrected chi connectivity index (χ3v) is 6.49. The Morgan fingerprint density at radius 3 is 2.52 bits per heavy atom. The van der Waals surface area contributed by atoms with Crippen molar-refractivity contribution < 1.29 is 27.5 Å². The molecule has 2 saturated heterocycles. The Hall–Kier alpha value is -2.42. The topological polar surface area (TPSA) is 110 Å². The van der Waals surface area contributed by atoms with E-state index in [9.17, 15) is 22.8 Å². The number of nitrogens with one attached hydrogen (secondary N) is 1. The zero-order valence-corrected chi connectivity index (χ0v) is 15.8. The molecule has 2 fully saturated rings. The summed E-state index contributed by atoms with van der Waals surface area (Å²) in [5.41, 5.74) is 0.996. The number of carbonyl (C=O) groups excluding carboxylic acids is 3. The van der Waals surface area contributed by atoms with Crippen molar-refractivity contribution >= 4 is 33.3 Å². The maximum Gasteiger partial charge on any atom is 0.338 e. The highest BCUT2D eigenvalue weighted by molar-refractivity contribution is 7.91. The molecule has 0 aromatic heterocycles. The Labute approximate surface area is 157 Å². The summed E-state index contributed by atoms with van der Waals surface area (Å²) in [5.74, 6) is -1.15. The van der Waals surface area contributed by atoms with Gasteiger partial charge in [0, 0.05) is 24.7 Å². The number of nitrogens with zero attached hydrogens (tertiary/aromatic N) is 1. The standard InChI is InChI=1S/C18H22N2O6S/c1-12(17(22)19-14-8-10-27(24,25)11-14)26-18(23)13-4-6-15(7-5-13)20-9-2-3-16(20)21/h4-7,12,14H,2-3,8-11H2,1H3,(H,19,22)/t12-,14-/m1/s1. The summed E-state index contributed by atoms with van der Waals surface area (Å²) in [5, 5.41) is 2.60. The van der Waals surface area contributed by atoms with Crippen molar-refractivity contribution in [2.45, 2.75) is 38.3 Å². The smallest absolute Gasteiger partial charge is 0.338 e. The fraction of sp³-hybridized carbons (Fsp3) is 0.500. The van der Waals surface area contributed by atoms with E-state index in [1.165, 1.54) is 6.92 Å². The molecule has 8 nitrogen and oxygen atoms in total. The Morgan fingerprint density at radius 2 is 1.96 bits per heavy atom. The van der Waals surface area contributed by atoms with Crippen LogP contribution >= 0.6 is 0 Å². The van der Waals surface area contributed by atoms with Crippen molar-refractivity contribution in [1.82, 2.24) is 5.32 Å². The number of benzene rings is 1. The van der Waals surface area contributed by atoms with Crippen LogP contribution in [0.1, 0.15) is 36.5 Å². The number of rotatable bonds is 5. The average molecular weight is 394 g/mol. The highest BCUT2D eigenvalue weighted by Gasteiger charge is 2.31. The molecule has 0 aliphatic carbocycles. The van der Waals surface area contributed by atoms with E-state index in [2.05, 4.69) is 5.32 Å². The van der Waals surface area contributed by atoms with E-state index in [4.69, 9.17) is 4.74 Å². The van der Waals surface area contributed by atoms with E-state index < -0.39 is 33.9 Å². The second-order valence-electron chi connectivity index (χ2n) is 6.85. The predicted molar refractivity (Wildman–Crippen MR) is 98.1 cm³/mol. The van der Waals surface area contributed by atoms with Crippen LogP contribution in [0.15, 0.2) is 24.3 Å². The SMILES string of the molecule is C[C@@H](OC(=O)c1ccc(N2CCCC2=O)cc1)C(=O)N[C@@H]1CCS(=O)(=O)C1. The highest BCUT2D eigenvalue weighted by Crippen LogP contribution is 2.22. The molecule has 1 aromatic carbocycles. The predicted octanol–water partition coefficient (Wildman–Crippen LogP) is 0.662. The van der Waals surface area contributed by atoms with Crippen LogP contribution in [0.25, 0.3) is 0 Å². The quantitative estimate of drug-likeness (QED) is 0.735. The number of hydrogen-bond acceptors (Lipinski definition) is 6. The number of hydrogen-bond donors (Lipinski definition) is 1. The molecule has 0 spiro atoms. The van der Waals surface area contributed by atoms with Gasteiger partial charge in [0.05, 0.1) is 17.1 Å². The van der Waals surface area contributed by atoms with Gasteiger partial charge in [0.25, 0.3) is 5.91 Å². The summed E-state index contributed by atoms with van der Waals surface area (Å²) in [7, 11) is -3.10. The van der Waals surface area contributed by atoms with Crippen LogP contribution in [0.5, 0.6) is 0 Å². The molecule has 3 rings (SSSR count). The van der Waals surface area contributed by atoms with E-state index >= 15 is 0 Å². The third kappa shape index (κ3) is 4.65. The zero-order valence-electron chi connectivity index (χ0n) is 15.0. The second kappa shape index (κ2) is 7.67. The van der Waals surface area contributed by atoms with Gasteiger partial charge in [0.1, 0.15) is 0 Å². The summed E-state index contributed by atoms with van der Waals surface area (Å²) in [6.45, 7) is 2.10. The molecule has 2 aliphatic rings. The van der Waals surface area contributed by atoms with Crippen molar-refractivity contribution in [2.75, 3.05) is 23.0 Å². The van der Waals surface area contributed by atoms with Crippen LogP contribution in [0.3, 0.4) is 0 Å². The monoisotopic (exact) mass is 394 g/mol. The summed E-state index contributed by atoms with van der Waals surface area (Å²) < 4.78 is 28.0. The molecule has 1 aromatic rings. The molecule has 2 atom stereocenters. The van der Waals surface area contributed by atoms with E-state index in [0.29, 0.717) is 19.4 Å². The van der Waals surface area contributed by atoms with Crippen LogP contribution in [-0.4, -0.2) is 56.4 Å². The Morgan fingerprint density at radius 1 is 1.26 bits per heavy atom. The molecule has 0 bridgehead atoms. The largest absolute Gasteiger partial charge is 0.449 e. The molecule has 27 heavy (non-hydrogen) atoms. The van der Waals surface area contributed by atoms with E-state index in [1.807, 2.05) is 0 Å². The van der Waals surface area contributed by atoms with Crippen LogP contribution in [0.4, 0.5) is 5.69 Å². The second-order valence-corrected chi connectivity index (χ2v) is 9.08. The van der Waals surface area contributed by atoms with E-state index in [-0.39, 0.29) is 23.0 Å². The lowest BCUT2D eigenvalue weighted by Crippen LogP contribution is -2.42. The number of carbonyl (C=O) groups is 3. The molecular formula is C18H22N2O6S. The Kier molecular flexibility index (Phi) is 5.50. The van der Waals surface area contributed by atoms with Crippen molar-refractivity contribution in [3.63, 3.8) is 0 Å². The van der Waals surface area contributed by atoms with Crippen molar-refractivity contribution in [2.24, 2.45) is 0 Å². The van der Waals surface area contributed by atoms with Crippen LogP contribution in [0.2, 0.25) is 0 Å². The van der Waals surface area contributed by atoms with Crippen molar-refractivity contribution in [3.05, 3.63) is 29.8 Å². The normalized spacial score (nSPS) is 22.5. The molecule has 0 saturated carbocycles. The summed E-state index contributed by atoms with van der Waals surface area (Å²) in [6.07, 6.45) is 0.669. The maximum atomic E-state index is 12.2. The molecule has 1 N–H and O–H groups in total. The van der Waals surface area contributed by atoms with Crippen molar-refractivity contribution in [1.29, 1.82) is 0 Å². The maximum absolute atomic E-state index is 12.2. The summed E-state index contributed by atoms with van der Waals surface area (Å²) >= 11 is 0. The molecule has 2 amide bonds. The first kappa shape index (κ1) is 19.3. The van der Waals surface area contributed by atoms with Gasteiger partial charge < -0.3 is 15.0 Å². The lowest BCUT2D eigenvalue weighted by atomic mass is 10.2. The number of esters is 1. The van der Waals surface area contributed by atoms with Gasteiger partial charge in [-0.3, -0.25) is 9.59 Å². The fourth-order valence-corrected chi connectivity index (χ4v) is 4.88. The molecule has 2 aliphatic heterocycles. The van der Waals surface area contributed by atoms with E-state index in [0.717, 1.165) is 12.1 Å². The third-order valence-electron chi connectivity index (χ3n) is 4.72. The highest BCUT2D eigenvalue weighted by atomic mass is 32.2. The average Bonchev–Trinajstić information content (AvgIpc) is 3.19. The van der Waals surface area contributed by atoms with Crippen LogP contribution in [-0.2, 0) is 24.2 Å². The van der Waals surface area contributed by atoms with Gasteiger partial charge in [0.2, 0.25) is 5.91 Å². The fourth-order valence-electron chi connectivity index (χ4n) is 3.21.